The van der Waals surface area contributed by atoms with E-state index in [0.717, 1.165) is 18.9 Å². The van der Waals surface area contributed by atoms with Crippen molar-refractivity contribution >= 4 is 5.97 Å². The number of nitrogens with zero attached hydrogens (tertiary/aromatic N) is 3. The molecule has 0 spiro atoms. The van der Waals surface area contributed by atoms with Crippen LogP contribution in [0, 0.1) is 0 Å². The van der Waals surface area contributed by atoms with E-state index >= 15 is 0 Å². The highest BCUT2D eigenvalue weighted by Crippen LogP contribution is 2.10. The largest absolute Gasteiger partial charge is 0.481 e. The summed E-state index contributed by atoms with van der Waals surface area (Å²) in [4.78, 5) is 16.6. The summed E-state index contributed by atoms with van der Waals surface area (Å²) in [6.45, 7) is 2.72. The summed E-state index contributed by atoms with van der Waals surface area (Å²) in [6.07, 6.45) is 2.68. The lowest BCUT2D eigenvalue weighted by Crippen LogP contribution is -2.39. The van der Waals surface area contributed by atoms with Crippen LogP contribution in [-0.4, -0.2) is 49.8 Å². The van der Waals surface area contributed by atoms with Crippen LogP contribution in [0.3, 0.4) is 0 Å². The normalized spacial score (nSPS) is 18.1. The minimum atomic E-state index is -0.967. The molecule has 1 aliphatic heterocycles. The maximum absolute atomic E-state index is 10.4. The van der Waals surface area contributed by atoms with Crippen molar-refractivity contribution in [1.29, 1.82) is 0 Å². The van der Waals surface area contributed by atoms with Crippen molar-refractivity contribution in [2.45, 2.75) is 25.6 Å². The lowest BCUT2D eigenvalue weighted by Gasteiger charge is -2.28. The number of imidazole rings is 1. The Labute approximate surface area is 93.1 Å². The van der Waals surface area contributed by atoms with E-state index in [4.69, 9.17) is 5.11 Å². The van der Waals surface area contributed by atoms with Gasteiger partial charge in [-0.3, -0.25) is 9.69 Å². The van der Waals surface area contributed by atoms with Gasteiger partial charge in [0, 0.05) is 32.0 Å². The summed E-state index contributed by atoms with van der Waals surface area (Å²) >= 11 is 0. The fraction of sp³-hybridized carbons (Fsp3) is 0.600. The van der Waals surface area contributed by atoms with Gasteiger partial charge in [0.1, 0.15) is 5.82 Å². The Kier molecular flexibility index (Phi) is 3.21. The van der Waals surface area contributed by atoms with Crippen LogP contribution in [-0.2, 0) is 17.9 Å². The molecule has 0 aliphatic carbocycles. The summed E-state index contributed by atoms with van der Waals surface area (Å²) in [5.74, 6) is -0.000199. The molecule has 0 radical (unpaired) electrons. The SMILES string of the molecule is O=C(O)CC(O)CN1CCn2ccnc2C1. The quantitative estimate of drug-likeness (QED) is 0.724. The van der Waals surface area contributed by atoms with Crippen molar-refractivity contribution in [1.82, 2.24) is 14.5 Å². The molecule has 1 atom stereocenters. The molecule has 1 unspecified atom stereocenters. The zero-order chi connectivity index (χ0) is 11.5. The first kappa shape index (κ1) is 11.1. The Hall–Kier alpha value is -1.40. The zero-order valence-electron chi connectivity index (χ0n) is 8.91. The van der Waals surface area contributed by atoms with Crippen molar-refractivity contribution in [3.63, 3.8) is 0 Å². The van der Waals surface area contributed by atoms with E-state index in [1.54, 1.807) is 6.20 Å². The Balaban J connectivity index is 1.87. The number of carboxylic acid groups (broad SMARTS) is 1. The molecular weight excluding hydrogens is 210 g/mol. The number of rotatable bonds is 4. The van der Waals surface area contributed by atoms with Crippen LogP contribution >= 0.6 is 0 Å². The second-order valence-electron chi connectivity index (χ2n) is 4.02. The average molecular weight is 225 g/mol. The van der Waals surface area contributed by atoms with Crippen LogP contribution < -0.4 is 0 Å². The Morgan fingerprint density at radius 3 is 3.12 bits per heavy atom. The van der Waals surface area contributed by atoms with Crippen LogP contribution in [0.2, 0.25) is 0 Å². The van der Waals surface area contributed by atoms with Crippen LogP contribution in [0.15, 0.2) is 12.4 Å². The molecule has 88 valence electrons. The molecule has 0 amide bonds. The Bertz CT molecular complexity index is 377. The van der Waals surface area contributed by atoms with E-state index in [9.17, 15) is 9.90 Å². The van der Waals surface area contributed by atoms with E-state index < -0.39 is 12.1 Å². The molecule has 0 fully saturated rings. The summed E-state index contributed by atoms with van der Waals surface area (Å²) < 4.78 is 2.07. The molecule has 1 aromatic heterocycles. The number of aliphatic hydroxyl groups is 1. The van der Waals surface area contributed by atoms with Gasteiger partial charge in [0.2, 0.25) is 0 Å². The minimum Gasteiger partial charge on any atom is -0.481 e. The highest BCUT2D eigenvalue weighted by atomic mass is 16.4. The molecular formula is C10H15N3O3. The second-order valence-corrected chi connectivity index (χ2v) is 4.02. The molecule has 1 aromatic rings. The van der Waals surface area contributed by atoms with E-state index in [-0.39, 0.29) is 6.42 Å². The Morgan fingerprint density at radius 2 is 2.38 bits per heavy atom. The maximum Gasteiger partial charge on any atom is 0.306 e. The first-order valence-corrected chi connectivity index (χ1v) is 5.27. The van der Waals surface area contributed by atoms with Gasteiger partial charge in [-0.15, -0.1) is 0 Å². The molecule has 6 heteroatoms. The number of carboxylic acids is 1. The van der Waals surface area contributed by atoms with Crippen molar-refractivity contribution in [3.8, 4) is 0 Å². The van der Waals surface area contributed by atoms with E-state index in [2.05, 4.69) is 9.55 Å². The van der Waals surface area contributed by atoms with Gasteiger partial charge in [0.15, 0.2) is 0 Å². The summed E-state index contributed by atoms with van der Waals surface area (Å²) in [5, 5.41) is 18.1. The number of aromatic nitrogens is 2. The number of aliphatic hydroxyl groups excluding tert-OH is 1. The molecule has 6 nitrogen and oxygen atoms in total. The van der Waals surface area contributed by atoms with Crippen LogP contribution in [0.1, 0.15) is 12.2 Å². The number of hydrogen-bond acceptors (Lipinski definition) is 4. The van der Waals surface area contributed by atoms with E-state index in [1.165, 1.54) is 0 Å². The van der Waals surface area contributed by atoms with Gasteiger partial charge >= 0.3 is 5.97 Å². The third-order valence-corrected chi connectivity index (χ3v) is 2.70. The zero-order valence-corrected chi connectivity index (χ0v) is 8.91. The lowest BCUT2D eigenvalue weighted by molar-refractivity contribution is -0.139. The van der Waals surface area contributed by atoms with Gasteiger partial charge in [-0.25, -0.2) is 4.98 Å². The predicted octanol–water partition coefficient (Wildman–Crippen LogP) is -0.466. The summed E-state index contributed by atoms with van der Waals surface area (Å²) in [7, 11) is 0. The third-order valence-electron chi connectivity index (χ3n) is 2.70. The first-order chi connectivity index (χ1) is 7.65. The van der Waals surface area contributed by atoms with Gasteiger partial charge in [0.25, 0.3) is 0 Å². The van der Waals surface area contributed by atoms with E-state index in [1.807, 2.05) is 11.1 Å². The van der Waals surface area contributed by atoms with Gasteiger partial charge in [-0.05, 0) is 0 Å². The molecule has 2 N–H and O–H groups in total. The van der Waals surface area contributed by atoms with Crippen molar-refractivity contribution < 1.29 is 15.0 Å². The third kappa shape index (κ3) is 2.59. The number of hydrogen-bond donors (Lipinski definition) is 2. The van der Waals surface area contributed by atoms with Gasteiger partial charge < -0.3 is 14.8 Å². The molecule has 2 heterocycles. The van der Waals surface area contributed by atoms with Crippen LogP contribution in [0.25, 0.3) is 0 Å². The molecule has 16 heavy (non-hydrogen) atoms. The molecule has 0 bridgehead atoms. The van der Waals surface area contributed by atoms with Crippen molar-refractivity contribution in [2.75, 3.05) is 13.1 Å². The lowest BCUT2D eigenvalue weighted by atomic mass is 10.2. The standard InChI is InChI=1S/C10H15N3O3/c14-8(5-10(15)16)6-12-3-4-13-2-1-11-9(13)7-12/h1-2,8,14H,3-7H2,(H,15,16). The van der Waals surface area contributed by atoms with Crippen molar-refractivity contribution in [2.24, 2.45) is 0 Å². The number of β-amino-alcohol motifs (C(OH)–C–C–N with tert-alkyl or cyclic N) is 1. The van der Waals surface area contributed by atoms with Crippen LogP contribution in [0.4, 0.5) is 0 Å². The molecule has 2 rings (SSSR count). The fourth-order valence-corrected chi connectivity index (χ4v) is 1.94. The second kappa shape index (κ2) is 4.63. The summed E-state index contributed by atoms with van der Waals surface area (Å²) in [6, 6.07) is 0. The van der Waals surface area contributed by atoms with Gasteiger partial charge in [0.05, 0.1) is 19.1 Å². The fourth-order valence-electron chi connectivity index (χ4n) is 1.94. The number of carbonyl (C=O) groups is 1. The summed E-state index contributed by atoms with van der Waals surface area (Å²) in [5.41, 5.74) is 0. The molecule has 0 aromatic carbocycles. The number of aliphatic carboxylic acids is 1. The predicted molar refractivity (Wildman–Crippen MR) is 55.8 cm³/mol. The Morgan fingerprint density at radius 1 is 1.56 bits per heavy atom. The minimum absolute atomic E-state index is 0.203. The average Bonchev–Trinajstić information content (AvgIpc) is 2.63. The van der Waals surface area contributed by atoms with Crippen LogP contribution in [0.5, 0.6) is 0 Å². The van der Waals surface area contributed by atoms with Crippen molar-refractivity contribution in [3.05, 3.63) is 18.2 Å². The number of fused-ring (bicyclic) bond motifs is 1. The smallest absolute Gasteiger partial charge is 0.306 e. The molecule has 0 saturated carbocycles. The van der Waals surface area contributed by atoms with Gasteiger partial charge in [-0.1, -0.05) is 0 Å². The highest BCUT2D eigenvalue weighted by molar-refractivity contribution is 5.67. The van der Waals surface area contributed by atoms with Gasteiger partial charge in [-0.2, -0.15) is 0 Å². The highest BCUT2D eigenvalue weighted by Gasteiger charge is 2.20. The van der Waals surface area contributed by atoms with E-state index in [0.29, 0.717) is 13.1 Å². The topological polar surface area (TPSA) is 78.6 Å². The molecule has 1 aliphatic rings. The molecule has 0 saturated heterocycles. The first-order valence-electron chi connectivity index (χ1n) is 5.27. The monoisotopic (exact) mass is 225 g/mol. The maximum atomic E-state index is 10.4.